The van der Waals surface area contributed by atoms with Crippen LogP contribution in [0.4, 0.5) is 0 Å². The monoisotopic (exact) mass is 388 g/mol. The van der Waals surface area contributed by atoms with Gasteiger partial charge in [0.1, 0.15) is 5.75 Å². The summed E-state index contributed by atoms with van der Waals surface area (Å²) >= 11 is 2.15. The number of thioether (sulfide) groups is 1. The predicted octanol–water partition coefficient (Wildman–Crippen LogP) is 7.67. The highest BCUT2D eigenvalue weighted by Gasteiger charge is 2.23. The topological polar surface area (TPSA) is 9.23 Å². The van der Waals surface area contributed by atoms with E-state index in [1.165, 1.54) is 81.9 Å². The lowest BCUT2D eigenvalue weighted by Crippen LogP contribution is -2.19. The lowest BCUT2D eigenvalue weighted by atomic mass is 9.80. The van der Waals surface area contributed by atoms with Crippen molar-refractivity contribution in [2.75, 3.05) is 5.75 Å². The Balaban J connectivity index is 1.34. The van der Waals surface area contributed by atoms with Crippen molar-refractivity contribution in [2.45, 2.75) is 102 Å². The van der Waals surface area contributed by atoms with Crippen LogP contribution in [0.25, 0.3) is 0 Å². The molecule has 2 saturated carbocycles. The van der Waals surface area contributed by atoms with E-state index in [0.29, 0.717) is 10.9 Å². The zero-order chi connectivity index (χ0) is 19.1. The summed E-state index contributed by atoms with van der Waals surface area (Å²) in [6.45, 7) is 7.03. The molecule has 2 heteroatoms. The number of ether oxygens (including phenoxy) is 1. The number of hydrogen-bond acceptors (Lipinski definition) is 2. The summed E-state index contributed by atoms with van der Waals surface area (Å²) in [5.74, 6) is 4.34. The van der Waals surface area contributed by atoms with E-state index in [2.05, 4.69) is 56.8 Å². The molecule has 0 bridgehead atoms. The van der Waals surface area contributed by atoms with Crippen molar-refractivity contribution in [1.29, 1.82) is 0 Å². The Kier molecular flexibility index (Phi) is 7.99. The molecule has 0 spiro atoms. The first-order valence-electron chi connectivity index (χ1n) is 11.4. The van der Waals surface area contributed by atoms with E-state index in [4.69, 9.17) is 4.74 Å². The quantitative estimate of drug-likeness (QED) is 0.474. The smallest absolute Gasteiger partial charge is 0.119 e. The maximum Gasteiger partial charge on any atom is 0.119 e. The van der Waals surface area contributed by atoms with Crippen molar-refractivity contribution in [3.63, 3.8) is 0 Å². The van der Waals surface area contributed by atoms with E-state index in [-0.39, 0.29) is 0 Å². The van der Waals surface area contributed by atoms with Gasteiger partial charge in [0.05, 0.1) is 6.10 Å². The zero-order valence-electron chi connectivity index (χ0n) is 17.8. The minimum Gasteiger partial charge on any atom is -0.490 e. The van der Waals surface area contributed by atoms with Crippen LogP contribution in [0.3, 0.4) is 0 Å². The summed E-state index contributed by atoms with van der Waals surface area (Å²) in [6.07, 6.45) is 15.3. The molecule has 2 aliphatic carbocycles. The second-order valence-corrected chi connectivity index (χ2v) is 11.7. The van der Waals surface area contributed by atoms with Gasteiger partial charge in [-0.3, -0.25) is 0 Å². The van der Waals surface area contributed by atoms with Crippen LogP contribution in [0.2, 0.25) is 0 Å². The van der Waals surface area contributed by atoms with Gasteiger partial charge in [0, 0.05) is 4.75 Å². The average Bonchev–Trinajstić information content (AvgIpc) is 2.67. The van der Waals surface area contributed by atoms with Gasteiger partial charge in [0.15, 0.2) is 0 Å². The summed E-state index contributed by atoms with van der Waals surface area (Å²) in [7, 11) is 0. The van der Waals surface area contributed by atoms with E-state index in [1.807, 2.05) is 0 Å². The minimum absolute atomic E-state index is 0.420. The van der Waals surface area contributed by atoms with Crippen LogP contribution >= 0.6 is 11.8 Å². The highest BCUT2D eigenvalue weighted by molar-refractivity contribution is 8.00. The molecule has 1 aromatic carbocycles. The second-order valence-electron chi connectivity index (χ2n) is 9.87. The molecule has 0 aliphatic heterocycles. The SMILES string of the molecule is CC(C)(C)SCC1CCC(CCc2ccc(OC3CCCCC3)cc2)CC1. The number of rotatable bonds is 7. The molecule has 0 amide bonds. The molecule has 152 valence electrons. The number of aryl methyl sites for hydroxylation is 1. The third-order valence-electron chi connectivity index (χ3n) is 6.34. The molecule has 1 aromatic rings. The fourth-order valence-corrected chi connectivity index (χ4v) is 5.60. The molecular formula is C25H40OS. The molecule has 1 nitrogen and oxygen atoms in total. The summed E-state index contributed by atoms with van der Waals surface area (Å²) in [5.41, 5.74) is 1.48. The summed E-state index contributed by atoms with van der Waals surface area (Å²) < 4.78 is 6.58. The van der Waals surface area contributed by atoms with Crippen molar-refractivity contribution < 1.29 is 4.74 Å². The van der Waals surface area contributed by atoms with Crippen LogP contribution < -0.4 is 4.74 Å². The molecule has 2 fully saturated rings. The zero-order valence-corrected chi connectivity index (χ0v) is 18.7. The van der Waals surface area contributed by atoms with Crippen molar-refractivity contribution >= 4 is 11.8 Å². The van der Waals surface area contributed by atoms with E-state index >= 15 is 0 Å². The van der Waals surface area contributed by atoms with Gasteiger partial charge >= 0.3 is 0 Å². The highest BCUT2D eigenvalue weighted by Crippen LogP contribution is 2.36. The van der Waals surface area contributed by atoms with Crippen LogP contribution in [0.15, 0.2) is 24.3 Å². The Morgan fingerprint density at radius 2 is 1.48 bits per heavy atom. The normalized spacial score (nSPS) is 24.7. The van der Waals surface area contributed by atoms with Crippen LogP contribution in [-0.2, 0) is 6.42 Å². The van der Waals surface area contributed by atoms with Crippen molar-refractivity contribution in [2.24, 2.45) is 11.8 Å². The summed E-state index contributed by atoms with van der Waals surface area (Å²) in [4.78, 5) is 0. The second kappa shape index (κ2) is 10.2. The first-order valence-corrected chi connectivity index (χ1v) is 12.4. The molecule has 0 atom stereocenters. The highest BCUT2D eigenvalue weighted by atomic mass is 32.2. The lowest BCUT2D eigenvalue weighted by Gasteiger charge is -2.30. The Labute approximate surface area is 172 Å². The fraction of sp³-hybridized carbons (Fsp3) is 0.760. The number of hydrogen-bond donors (Lipinski definition) is 0. The molecule has 3 rings (SSSR count). The molecule has 0 saturated heterocycles. The lowest BCUT2D eigenvalue weighted by molar-refractivity contribution is 0.155. The first kappa shape index (κ1) is 21.1. The third kappa shape index (κ3) is 7.72. The molecule has 2 aliphatic rings. The molecule has 27 heavy (non-hydrogen) atoms. The van der Waals surface area contributed by atoms with Crippen molar-refractivity contribution in [1.82, 2.24) is 0 Å². The fourth-order valence-electron chi connectivity index (χ4n) is 4.54. The van der Waals surface area contributed by atoms with Crippen LogP contribution in [0.5, 0.6) is 5.75 Å². The van der Waals surface area contributed by atoms with Gasteiger partial charge in [0.25, 0.3) is 0 Å². The van der Waals surface area contributed by atoms with E-state index in [0.717, 1.165) is 17.6 Å². The first-order chi connectivity index (χ1) is 13.0. The molecule has 0 heterocycles. The van der Waals surface area contributed by atoms with Crippen LogP contribution in [0, 0.1) is 11.8 Å². The molecule has 0 aromatic heterocycles. The van der Waals surface area contributed by atoms with Gasteiger partial charge in [-0.1, -0.05) is 52.2 Å². The minimum atomic E-state index is 0.420. The maximum atomic E-state index is 6.16. The van der Waals surface area contributed by atoms with E-state index in [1.54, 1.807) is 0 Å². The molecule has 0 unspecified atom stereocenters. The number of benzene rings is 1. The summed E-state index contributed by atoms with van der Waals surface area (Å²) in [6, 6.07) is 8.99. The van der Waals surface area contributed by atoms with Gasteiger partial charge in [-0.15, -0.1) is 0 Å². The molecule has 0 N–H and O–H groups in total. The Bertz CT molecular complexity index is 530. The van der Waals surface area contributed by atoms with Gasteiger partial charge in [-0.05, 0) is 86.7 Å². The van der Waals surface area contributed by atoms with Crippen molar-refractivity contribution in [3.05, 3.63) is 29.8 Å². The Morgan fingerprint density at radius 3 is 2.11 bits per heavy atom. The maximum absolute atomic E-state index is 6.16. The molecule has 0 radical (unpaired) electrons. The molecular weight excluding hydrogens is 348 g/mol. The average molecular weight is 389 g/mol. The Morgan fingerprint density at radius 1 is 0.852 bits per heavy atom. The van der Waals surface area contributed by atoms with Gasteiger partial charge < -0.3 is 4.74 Å². The standard InChI is InChI=1S/C25H40OS/c1-25(2,3)27-19-22-13-11-20(12-14-22)9-10-21-15-17-24(18-16-21)26-23-7-5-4-6-8-23/h15-18,20,22-23H,4-14,19H2,1-3H3. The third-order valence-corrected chi connectivity index (χ3v) is 7.84. The summed E-state index contributed by atoms with van der Waals surface area (Å²) in [5, 5.41) is 0. The van der Waals surface area contributed by atoms with Crippen molar-refractivity contribution in [3.8, 4) is 5.75 Å². The largest absolute Gasteiger partial charge is 0.490 e. The van der Waals surface area contributed by atoms with E-state index in [9.17, 15) is 0 Å². The predicted molar refractivity (Wildman–Crippen MR) is 120 cm³/mol. The van der Waals surface area contributed by atoms with Gasteiger partial charge in [-0.25, -0.2) is 0 Å². The van der Waals surface area contributed by atoms with Gasteiger partial charge in [0.2, 0.25) is 0 Å². The van der Waals surface area contributed by atoms with E-state index < -0.39 is 0 Å². The van der Waals surface area contributed by atoms with Crippen LogP contribution in [-0.4, -0.2) is 16.6 Å². The Hall–Kier alpha value is -0.630. The van der Waals surface area contributed by atoms with Crippen LogP contribution in [0.1, 0.15) is 90.5 Å². The van der Waals surface area contributed by atoms with Gasteiger partial charge in [-0.2, -0.15) is 11.8 Å².